The van der Waals surface area contributed by atoms with Crippen LogP contribution in [0.15, 0.2) is 42.5 Å². The molecule has 1 saturated carbocycles. The first-order chi connectivity index (χ1) is 5.92. The zero-order chi connectivity index (χ0) is 8.39. The lowest BCUT2D eigenvalue weighted by Gasteiger charge is -1.95. The van der Waals surface area contributed by atoms with Gasteiger partial charge in [0.15, 0.2) is 0 Å². The van der Waals surface area contributed by atoms with Gasteiger partial charge in [-0.05, 0) is 30.7 Å². The third-order valence-corrected chi connectivity index (χ3v) is 2.51. The third-order valence-electron chi connectivity index (χ3n) is 2.51. The lowest BCUT2D eigenvalue weighted by molar-refractivity contribution is 1.01. The van der Waals surface area contributed by atoms with Crippen molar-refractivity contribution in [3.05, 3.63) is 48.0 Å². The van der Waals surface area contributed by atoms with Crippen molar-refractivity contribution >= 4 is 0 Å². The predicted molar refractivity (Wildman–Crippen MR) is 52.1 cm³/mol. The van der Waals surface area contributed by atoms with E-state index in [0.717, 1.165) is 11.8 Å². The molecule has 0 aromatic heterocycles. The molecule has 2 atom stereocenters. The average Bonchev–Trinajstić information content (AvgIpc) is 2.87. The van der Waals surface area contributed by atoms with Crippen molar-refractivity contribution in [2.24, 2.45) is 5.92 Å². The van der Waals surface area contributed by atoms with Gasteiger partial charge in [-0.15, -0.1) is 0 Å². The molecule has 12 heavy (non-hydrogen) atoms. The van der Waals surface area contributed by atoms with Gasteiger partial charge < -0.3 is 0 Å². The van der Waals surface area contributed by atoms with Crippen LogP contribution >= 0.6 is 0 Å². The standard InChI is InChI=1S/C12H14/c1-2-6-11-9-12(11)10-7-4-3-5-8-10/h2-8,11-12H,9H2,1H3/b6-2+/t11-,12-/m0/s1. The van der Waals surface area contributed by atoms with Crippen molar-refractivity contribution in [1.29, 1.82) is 0 Å². The second-order valence-electron chi connectivity index (χ2n) is 3.44. The van der Waals surface area contributed by atoms with Gasteiger partial charge in [-0.1, -0.05) is 42.5 Å². The van der Waals surface area contributed by atoms with Gasteiger partial charge in [0.05, 0.1) is 0 Å². The van der Waals surface area contributed by atoms with E-state index in [1.807, 2.05) is 0 Å². The van der Waals surface area contributed by atoms with Gasteiger partial charge in [-0.3, -0.25) is 0 Å². The normalized spacial score (nSPS) is 27.8. The van der Waals surface area contributed by atoms with Gasteiger partial charge in [0.2, 0.25) is 0 Å². The second-order valence-corrected chi connectivity index (χ2v) is 3.44. The third kappa shape index (κ3) is 1.42. The molecule has 0 heteroatoms. The monoisotopic (exact) mass is 158 g/mol. The van der Waals surface area contributed by atoms with Crippen LogP contribution in [0.1, 0.15) is 24.8 Å². The van der Waals surface area contributed by atoms with Gasteiger partial charge >= 0.3 is 0 Å². The lowest BCUT2D eigenvalue weighted by Crippen LogP contribution is -1.78. The number of hydrogen-bond acceptors (Lipinski definition) is 0. The quantitative estimate of drug-likeness (QED) is 0.579. The number of hydrogen-bond donors (Lipinski definition) is 0. The van der Waals surface area contributed by atoms with Crippen LogP contribution in [-0.4, -0.2) is 0 Å². The summed E-state index contributed by atoms with van der Waals surface area (Å²) in [6.07, 6.45) is 5.82. The predicted octanol–water partition coefficient (Wildman–Crippen LogP) is 3.37. The molecular formula is C12H14. The molecule has 1 aliphatic carbocycles. The van der Waals surface area contributed by atoms with Crippen molar-refractivity contribution < 1.29 is 0 Å². The molecule has 0 spiro atoms. The molecule has 0 saturated heterocycles. The van der Waals surface area contributed by atoms with Gasteiger partial charge in [-0.25, -0.2) is 0 Å². The zero-order valence-corrected chi connectivity index (χ0v) is 7.40. The highest BCUT2D eigenvalue weighted by Gasteiger charge is 2.35. The lowest BCUT2D eigenvalue weighted by atomic mass is 10.1. The molecule has 0 amide bonds. The fraction of sp³-hybridized carbons (Fsp3) is 0.333. The van der Waals surface area contributed by atoms with Gasteiger partial charge in [-0.2, -0.15) is 0 Å². The second kappa shape index (κ2) is 3.14. The van der Waals surface area contributed by atoms with E-state index >= 15 is 0 Å². The maximum absolute atomic E-state index is 2.32. The Morgan fingerprint density at radius 1 is 1.25 bits per heavy atom. The summed E-state index contributed by atoms with van der Waals surface area (Å²) in [5.74, 6) is 1.62. The minimum Gasteiger partial charge on any atom is -0.0914 e. The molecule has 0 bridgehead atoms. The summed E-state index contributed by atoms with van der Waals surface area (Å²) in [5, 5.41) is 0. The Morgan fingerprint density at radius 2 is 2.00 bits per heavy atom. The molecule has 0 N–H and O–H groups in total. The Kier molecular flexibility index (Phi) is 1.99. The van der Waals surface area contributed by atoms with Crippen molar-refractivity contribution in [3.8, 4) is 0 Å². The van der Waals surface area contributed by atoms with Gasteiger partial charge in [0, 0.05) is 0 Å². The van der Waals surface area contributed by atoms with Crippen LogP contribution in [0.4, 0.5) is 0 Å². The molecule has 1 aromatic rings. The molecule has 2 rings (SSSR count). The van der Waals surface area contributed by atoms with E-state index in [4.69, 9.17) is 0 Å². The van der Waals surface area contributed by atoms with E-state index in [1.54, 1.807) is 0 Å². The van der Waals surface area contributed by atoms with Crippen molar-refractivity contribution in [3.63, 3.8) is 0 Å². The summed E-state index contributed by atoms with van der Waals surface area (Å²) in [6, 6.07) is 10.8. The Bertz CT molecular complexity index is 271. The van der Waals surface area contributed by atoms with Crippen LogP contribution < -0.4 is 0 Å². The SMILES string of the molecule is C/C=C/[C@H]1C[C@H]1c1ccccc1. The van der Waals surface area contributed by atoms with E-state index in [9.17, 15) is 0 Å². The van der Waals surface area contributed by atoms with E-state index in [1.165, 1.54) is 12.0 Å². The summed E-state index contributed by atoms with van der Waals surface area (Å²) in [4.78, 5) is 0. The van der Waals surface area contributed by atoms with Crippen LogP contribution in [0.3, 0.4) is 0 Å². The average molecular weight is 158 g/mol. The molecule has 0 nitrogen and oxygen atoms in total. The first-order valence-electron chi connectivity index (χ1n) is 4.59. The zero-order valence-electron chi connectivity index (χ0n) is 7.40. The molecular weight excluding hydrogens is 144 g/mol. The molecule has 1 aliphatic rings. The number of rotatable bonds is 2. The molecule has 1 aromatic carbocycles. The summed E-state index contributed by atoms with van der Waals surface area (Å²) < 4.78 is 0. The van der Waals surface area contributed by atoms with Gasteiger partial charge in [0.1, 0.15) is 0 Å². The van der Waals surface area contributed by atoms with Crippen LogP contribution in [0.2, 0.25) is 0 Å². The summed E-state index contributed by atoms with van der Waals surface area (Å²) in [7, 11) is 0. The van der Waals surface area contributed by atoms with Crippen LogP contribution in [0.25, 0.3) is 0 Å². The van der Waals surface area contributed by atoms with Crippen molar-refractivity contribution in [2.45, 2.75) is 19.3 Å². The minimum atomic E-state index is 0.808. The Morgan fingerprint density at radius 3 is 2.67 bits per heavy atom. The molecule has 0 heterocycles. The minimum absolute atomic E-state index is 0.808. The summed E-state index contributed by atoms with van der Waals surface area (Å²) in [6.45, 7) is 2.10. The van der Waals surface area contributed by atoms with Crippen LogP contribution in [0, 0.1) is 5.92 Å². The maximum Gasteiger partial charge on any atom is -0.00930 e. The number of allylic oxidation sites excluding steroid dienone is 2. The first-order valence-corrected chi connectivity index (χ1v) is 4.59. The first kappa shape index (κ1) is 7.60. The summed E-state index contributed by atoms with van der Waals surface area (Å²) >= 11 is 0. The molecule has 1 fully saturated rings. The Balaban J connectivity index is 2.06. The smallest absolute Gasteiger partial charge is 0.00930 e. The van der Waals surface area contributed by atoms with E-state index in [-0.39, 0.29) is 0 Å². The van der Waals surface area contributed by atoms with Crippen molar-refractivity contribution in [2.75, 3.05) is 0 Å². The van der Waals surface area contributed by atoms with E-state index in [2.05, 4.69) is 49.4 Å². The van der Waals surface area contributed by atoms with Crippen LogP contribution in [-0.2, 0) is 0 Å². The fourth-order valence-corrected chi connectivity index (χ4v) is 1.76. The van der Waals surface area contributed by atoms with Gasteiger partial charge in [0.25, 0.3) is 0 Å². The Labute approximate surface area is 73.9 Å². The highest BCUT2D eigenvalue weighted by Crippen LogP contribution is 2.48. The summed E-state index contributed by atoms with van der Waals surface area (Å²) in [5.41, 5.74) is 1.50. The molecule has 0 aliphatic heterocycles. The topological polar surface area (TPSA) is 0 Å². The van der Waals surface area contributed by atoms with E-state index < -0.39 is 0 Å². The molecule has 62 valence electrons. The van der Waals surface area contributed by atoms with E-state index in [0.29, 0.717) is 0 Å². The van der Waals surface area contributed by atoms with Crippen LogP contribution in [0.5, 0.6) is 0 Å². The molecule has 0 radical (unpaired) electrons. The molecule has 0 unspecified atom stereocenters. The largest absolute Gasteiger partial charge is 0.0914 e. The van der Waals surface area contributed by atoms with Crippen molar-refractivity contribution in [1.82, 2.24) is 0 Å². The highest BCUT2D eigenvalue weighted by atomic mass is 14.4. The maximum atomic E-state index is 2.32. The Hall–Kier alpha value is -1.04. The fourth-order valence-electron chi connectivity index (χ4n) is 1.76. The number of benzene rings is 1. The highest BCUT2D eigenvalue weighted by molar-refractivity contribution is 5.27.